The summed E-state index contributed by atoms with van der Waals surface area (Å²) in [6, 6.07) is 2.00. The topological polar surface area (TPSA) is 37.8 Å². The van der Waals surface area contributed by atoms with E-state index in [1.165, 1.54) is 12.8 Å². The van der Waals surface area contributed by atoms with Gasteiger partial charge >= 0.3 is 0 Å². The van der Waals surface area contributed by atoms with E-state index in [2.05, 4.69) is 11.2 Å². The van der Waals surface area contributed by atoms with Crippen molar-refractivity contribution in [3.63, 3.8) is 0 Å². The molecule has 0 spiro atoms. The van der Waals surface area contributed by atoms with Crippen LogP contribution in [0.2, 0.25) is 0 Å². The van der Waals surface area contributed by atoms with Crippen LogP contribution in [-0.2, 0) is 0 Å². The number of thioether (sulfide) groups is 1. The molecule has 82 valence electrons. The number of hydrogen-bond donors (Lipinski definition) is 1. The second-order valence-corrected chi connectivity index (χ2v) is 5.25. The van der Waals surface area contributed by atoms with Crippen LogP contribution in [0.5, 0.6) is 0 Å². The molecule has 1 saturated carbocycles. The Labute approximate surface area is 97.9 Å². The fourth-order valence-corrected chi connectivity index (χ4v) is 3.47. The Morgan fingerprint density at radius 2 is 2.40 bits per heavy atom. The average Bonchev–Trinajstić information content (AvgIpc) is 2.65. The standard InChI is InChI=1S/C10H14N2OS2/c1-15-8-4-2-3-7(8)12-6-5-9(13)11-10(12)14/h5-8H,2-4H2,1H3,(H,11,13,14). The van der Waals surface area contributed by atoms with Crippen LogP contribution in [0.3, 0.4) is 0 Å². The van der Waals surface area contributed by atoms with E-state index in [-0.39, 0.29) is 5.56 Å². The second-order valence-electron chi connectivity index (χ2n) is 3.79. The normalized spacial score (nSPS) is 25.7. The molecule has 1 N–H and O–H groups in total. The molecule has 1 aliphatic carbocycles. The summed E-state index contributed by atoms with van der Waals surface area (Å²) in [6.45, 7) is 0. The first-order valence-electron chi connectivity index (χ1n) is 5.06. The van der Waals surface area contributed by atoms with Crippen LogP contribution >= 0.6 is 24.0 Å². The molecule has 1 heterocycles. The molecule has 0 amide bonds. The lowest BCUT2D eigenvalue weighted by Crippen LogP contribution is -2.20. The molecule has 2 atom stereocenters. The van der Waals surface area contributed by atoms with Crippen molar-refractivity contribution in [2.45, 2.75) is 30.6 Å². The van der Waals surface area contributed by atoms with Crippen LogP contribution in [0.4, 0.5) is 0 Å². The van der Waals surface area contributed by atoms with Gasteiger partial charge in [0.2, 0.25) is 0 Å². The lowest BCUT2D eigenvalue weighted by molar-refractivity contribution is 0.510. The third-order valence-corrected chi connectivity index (χ3v) is 4.40. The molecular formula is C10H14N2OS2. The summed E-state index contributed by atoms with van der Waals surface area (Å²) in [5, 5.41) is 0.627. The second kappa shape index (κ2) is 4.53. The number of rotatable bonds is 2. The van der Waals surface area contributed by atoms with E-state index in [0.29, 0.717) is 16.1 Å². The first kappa shape index (κ1) is 11.0. The van der Waals surface area contributed by atoms with Crippen LogP contribution in [-0.4, -0.2) is 21.1 Å². The highest BCUT2D eigenvalue weighted by molar-refractivity contribution is 7.99. The molecule has 5 heteroatoms. The van der Waals surface area contributed by atoms with Gasteiger partial charge in [0.15, 0.2) is 4.77 Å². The summed E-state index contributed by atoms with van der Waals surface area (Å²) >= 11 is 7.06. The molecule has 2 rings (SSSR count). The van der Waals surface area contributed by atoms with Crippen LogP contribution in [0.1, 0.15) is 25.3 Å². The maximum atomic E-state index is 11.1. The molecule has 1 aliphatic rings. The van der Waals surface area contributed by atoms with Crippen molar-refractivity contribution in [2.24, 2.45) is 0 Å². The van der Waals surface area contributed by atoms with Gasteiger partial charge in [-0.1, -0.05) is 6.42 Å². The van der Waals surface area contributed by atoms with Crippen molar-refractivity contribution < 1.29 is 0 Å². The third kappa shape index (κ3) is 2.18. The van der Waals surface area contributed by atoms with Gasteiger partial charge in [0, 0.05) is 23.6 Å². The molecule has 1 aromatic rings. The van der Waals surface area contributed by atoms with Crippen LogP contribution in [0.25, 0.3) is 0 Å². The summed E-state index contributed by atoms with van der Waals surface area (Å²) < 4.78 is 2.58. The average molecular weight is 242 g/mol. The zero-order chi connectivity index (χ0) is 10.8. The highest BCUT2D eigenvalue weighted by Gasteiger charge is 2.27. The lowest BCUT2D eigenvalue weighted by Gasteiger charge is -2.20. The Morgan fingerprint density at radius 1 is 1.60 bits per heavy atom. The van der Waals surface area contributed by atoms with Gasteiger partial charge in [0.05, 0.1) is 0 Å². The van der Waals surface area contributed by atoms with Gasteiger partial charge in [-0.25, -0.2) is 0 Å². The van der Waals surface area contributed by atoms with Crippen molar-refractivity contribution in [1.82, 2.24) is 9.55 Å². The van der Waals surface area contributed by atoms with Gasteiger partial charge in [0.25, 0.3) is 5.56 Å². The number of nitrogens with one attached hydrogen (secondary N) is 1. The van der Waals surface area contributed by atoms with Gasteiger partial charge < -0.3 is 4.57 Å². The van der Waals surface area contributed by atoms with Gasteiger partial charge in [-0.3, -0.25) is 9.78 Å². The lowest BCUT2D eigenvalue weighted by atomic mass is 10.2. The van der Waals surface area contributed by atoms with E-state index in [9.17, 15) is 4.79 Å². The molecule has 0 saturated heterocycles. The van der Waals surface area contributed by atoms with E-state index in [1.807, 2.05) is 22.5 Å². The summed E-state index contributed by atoms with van der Waals surface area (Å²) in [6.07, 6.45) is 7.61. The maximum absolute atomic E-state index is 11.1. The molecule has 0 radical (unpaired) electrons. The van der Waals surface area contributed by atoms with Crippen LogP contribution in [0.15, 0.2) is 17.1 Å². The summed E-state index contributed by atoms with van der Waals surface area (Å²) in [5.74, 6) is 0. The summed E-state index contributed by atoms with van der Waals surface area (Å²) in [7, 11) is 0. The summed E-state index contributed by atoms with van der Waals surface area (Å²) in [4.78, 5) is 13.7. The number of aromatic amines is 1. The minimum absolute atomic E-state index is 0.116. The van der Waals surface area contributed by atoms with Crippen molar-refractivity contribution in [2.75, 3.05) is 6.26 Å². The predicted molar refractivity (Wildman–Crippen MR) is 66.1 cm³/mol. The van der Waals surface area contributed by atoms with E-state index >= 15 is 0 Å². The highest BCUT2D eigenvalue weighted by Crippen LogP contribution is 2.37. The molecule has 0 aliphatic heterocycles. The number of hydrogen-bond acceptors (Lipinski definition) is 3. The Morgan fingerprint density at radius 3 is 3.07 bits per heavy atom. The van der Waals surface area contributed by atoms with E-state index in [0.717, 1.165) is 6.42 Å². The zero-order valence-corrected chi connectivity index (χ0v) is 10.2. The van der Waals surface area contributed by atoms with Crippen molar-refractivity contribution in [1.29, 1.82) is 0 Å². The smallest absolute Gasteiger partial charge is 0.251 e. The maximum Gasteiger partial charge on any atom is 0.251 e. The Bertz CT molecular complexity index is 451. The highest BCUT2D eigenvalue weighted by atomic mass is 32.2. The fourth-order valence-electron chi connectivity index (χ4n) is 2.19. The Hall–Kier alpha value is -0.550. The summed E-state index contributed by atoms with van der Waals surface area (Å²) in [5.41, 5.74) is -0.116. The quantitative estimate of drug-likeness (QED) is 0.809. The number of H-pyrrole nitrogens is 1. The number of nitrogens with zero attached hydrogens (tertiary/aromatic N) is 1. The van der Waals surface area contributed by atoms with E-state index in [4.69, 9.17) is 12.2 Å². The van der Waals surface area contributed by atoms with Gasteiger partial charge in [0.1, 0.15) is 0 Å². The minimum atomic E-state index is -0.116. The first-order chi connectivity index (χ1) is 7.22. The molecule has 15 heavy (non-hydrogen) atoms. The zero-order valence-electron chi connectivity index (χ0n) is 8.60. The Kier molecular flexibility index (Phi) is 3.31. The van der Waals surface area contributed by atoms with Crippen molar-refractivity contribution in [3.8, 4) is 0 Å². The SMILES string of the molecule is CSC1CCCC1n1ccc(=O)[nH]c1=S. The molecule has 1 aromatic heterocycles. The van der Waals surface area contributed by atoms with Crippen molar-refractivity contribution >= 4 is 24.0 Å². The van der Waals surface area contributed by atoms with E-state index < -0.39 is 0 Å². The van der Waals surface area contributed by atoms with Crippen molar-refractivity contribution in [3.05, 3.63) is 27.4 Å². The fraction of sp³-hybridized carbons (Fsp3) is 0.600. The number of aromatic nitrogens is 2. The third-order valence-electron chi connectivity index (χ3n) is 2.93. The van der Waals surface area contributed by atoms with E-state index in [1.54, 1.807) is 6.07 Å². The van der Waals surface area contributed by atoms with Gasteiger partial charge in [-0.15, -0.1) is 0 Å². The molecule has 0 bridgehead atoms. The molecule has 0 aromatic carbocycles. The Balaban J connectivity index is 2.37. The largest absolute Gasteiger partial charge is 0.321 e. The first-order valence-corrected chi connectivity index (χ1v) is 6.76. The molecule has 1 fully saturated rings. The van der Waals surface area contributed by atoms with Gasteiger partial charge in [-0.2, -0.15) is 11.8 Å². The van der Waals surface area contributed by atoms with Gasteiger partial charge in [-0.05, 0) is 31.3 Å². The molecular weight excluding hydrogens is 228 g/mol. The monoisotopic (exact) mass is 242 g/mol. The molecule has 2 unspecified atom stereocenters. The van der Waals surface area contributed by atoms with Crippen LogP contribution < -0.4 is 5.56 Å². The molecule has 3 nitrogen and oxygen atoms in total. The minimum Gasteiger partial charge on any atom is -0.321 e. The predicted octanol–water partition coefficient (Wildman–Crippen LogP) is 2.36. The van der Waals surface area contributed by atoms with Crippen LogP contribution in [0, 0.1) is 4.77 Å².